The Morgan fingerprint density at radius 3 is 2.68 bits per heavy atom. The van der Waals surface area contributed by atoms with Crippen molar-refractivity contribution < 1.29 is 4.79 Å². The van der Waals surface area contributed by atoms with Crippen LogP contribution in [0.2, 0.25) is 0 Å². The van der Waals surface area contributed by atoms with Crippen LogP contribution in [-0.2, 0) is 17.8 Å². The Bertz CT molecular complexity index is 519. The molecule has 0 spiro atoms. The lowest BCUT2D eigenvalue weighted by Crippen LogP contribution is -2.46. The molecule has 0 aliphatic carbocycles. The zero-order valence-corrected chi connectivity index (χ0v) is 15.6. The summed E-state index contributed by atoms with van der Waals surface area (Å²) >= 11 is 0. The van der Waals surface area contributed by atoms with Crippen molar-refractivity contribution in [3.63, 3.8) is 0 Å². The smallest absolute Gasteiger partial charge is 0.242 e. The molecule has 0 fully saturated rings. The summed E-state index contributed by atoms with van der Waals surface area (Å²) in [4.78, 5) is 18.3. The van der Waals surface area contributed by atoms with E-state index in [1.165, 1.54) is 11.1 Å². The van der Waals surface area contributed by atoms with Crippen molar-refractivity contribution in [2.75, 3.05) is 26.7 Å². The molecule has 0 bridgehead atoms. The van der Waals surface area contributed by atoms with Crippen LogP contribution in [0.25, 0.3) is 0 Å². The molecule has 2 rings (SSSR count). The van der Waals surface area contributed by atoms with Gasteiger partial charge >= 0.3 is 0 Å². The number of carbonyl (C=O) groups excluding carboxylic acids is 1. The first-order chi connectivity index (χ1) is 10.2. The normalized spacial score (nSPS) is 13.9. The highest BCUT2D eigenvalue weighted by Crippen LogP contribution is 2.18. The first-order valence-corrected chi connectivity index (χ1v) is 7.53. The molecular weight excluding hydrogens is 391 g/mol. The quantitative estimate of drug-likeness (QED) is 0.447. The molecule has 0 unspecified atom stereocenters. The topological polar surface area (TPSA) is 56.7 Å². The molecule has 6 heteroatoms. The number of nitrogens with zero attached hydrogens (tertiary/aromatic N) is 2. The van der Waals surface area contributed by atoms with Crippen molar-refractivity contribution in [1.82, 2.24) is 15.5 Å². The number of fused-ring (bicyclic) bond motifs is 1. The van der Waals surface area contributed by atoms with Gasteiger partial charge in [-0.15, -0.1) is 24.0 Å². The maximum absolute atomic E-state index is 12.3. The van der Waals surface area contributed by atoms with Crippen molar-refractivity contribution in [3.05, 3.63) is 35.4 Å². The number of rotatable bonds is 4. The van der Waals surface area contributed by atoms with Gasteiger partial charge in [0.1, 0.15) is 0 Å². The van der Waals surface area contributed by atoms with Gasteiger partial charge in [0, 0.05) is 26.7 Å². The Morgan fingerprint density at radius 2 is 2.00 bits per heavy atom. The minimum absolute atomic E-state index is 0. The second kappa shape index (κ2) is 9.66. The summed E-state index contributed by atoms with van der Waals surface area (Å²) in [6, 6.07) is 8.33. The minimum Gasteiger partial charge on any atom is -0.356 e. The van der Waals surface area contributed by atoms with E-state index >= 15 is 0 Å². The number of hydrogen-bond acceptors (Lipinski definition) is 2. The van der Waals surface area contributed by atoms with Gasteiger partial charge < -0.3 is 15.5 Å². The molecule has 1 aromatic rings. The zero-order valence-electron chi connectivity index (χ0n) is 13.3. The Hall–Kier alpha value is -1.31. The van der Waals surface area contributed by atoms with E-state index in [-0.39, 0.29) is 36.4 Å². The molecule has 2 N–H and O–H groups in total. The zero-order chi connectivity index (χ0) is 15.1. The predicted octanol–water partition coefficient (Wildman–Crippen LogP) is 1.76. The van der Waals surface area contributed by atoms with Crippen molar-refractivity contribution in [1.29, 1.82) is 0 Å². The van der Waals surface area contributed by atoms with Crippen LogP contribution in [0.5, 0.6) is 0 Å². The molecule has 0 saturated heterocycles. The van der Waals surface area contributed by atoms with Gasteiger partial charge in [0.05, 0.1) is 6.54 Å². The van der Waals surface area contributed by atoms with Gasteiger partial charge in [-0.1, -0.05) is 31.2 Å². The molecule has 0 aromatic heterocycles. The minimum atomic E-state index is 0. The Kier molecular flexibility index (Phi) is 8.22. The fourth-order valence-electron chi connectivity index (χ4n) is 2.44. The third-order valence-electron chi connectivity index (χ3n) is 3.66. The number of amides is 1. The van der Waals surface area contributed by atoms with E-state index in [1.807, 2.05) is 11.0 Å². The van der Waals surface area contributed by atoms with Crippen LogP contribution in [0.4, 0.5) is 0 Å². The molecule has 1 heterocycles. The Balaban J connectivity index is 0.00000242. The second-order valence-corrected chi connectivity index (χ2v) is 5.19. The second-order valence-electron chi connectivity index (χ2n) is 5.19. The van der Waals surface area contributed by atoms with Gasteiger partial charge in [0.2, 0.25) is 5.91 Å². The molecule has 1 amide bonds. The highest BCUT2D eigenvalue weighted by Gasteiger charge is 2.20. The Morgan fingerprint density at radius 1 is 1.27 bits per heavy atom. The molecule has 0 radical (unpaired) electrons. The van der Waals surface area contributed by atoms with Gasteiger partial charge in [-0.25, -0.2) is 0 Å². The van der Waals surface area contributed by atoms with Crippen LogP contribution in [0, 0.1) is 0 Å². The van der Waals surface area contributed by atoms with Crippen molar-refractivity contribution in [2.45, 2.75) is 26.3 Å². The van der Waals surface area contributed by atoms with Gasteiger partial charge in [-0.05, 0) is 24.0 Å². The fourth-order valence-corrected chi connectivity index (χ4v) is 2.44. The lowest BCUT2D eigenvalue weighted by molar-refractivity contribution is -0.130. The number of halogens is 1. The van der Waals surface area contributed by atoms with Gasteiger partial charge in [0.25, 0.3) is 0 Å². The molecular formula is C16H25IN4O. The maximum atomic E-state index is 12.3. The Labute approximate surface area is 149 Å². The number of aliphatic imine (C=N–C) groups is 1. The molecule has 1 aromatic carbocycles. The standard InChI is InChI=1S/C16H24N4O.HI/c1-3-9-18-16(17-2)19-11-15(21)20-10-8-13-6-4-5-7-14(13)12-20;/h4-7H,3,8-12H2,1-2H3,(H2,17,18,19);1H. The average molecular weight is 416 g/mol. The third kappa shape index (κ3) is 5.15. The summed E-state index contributed by atoms with van der Waals surface area (Å²) in [5, 5.41) is 6.23. The number of benzene rings is 1. The lowest BCUT2D eigenvalue weighted by Gasteiger charge is -2.29. The molecule has 0 atom stereocenters. The lowest BCUT2D eigenvalue weighted by atomic mass is 10.00. The fraction of sp³-hybridized carbons (Fsp3) is 0.500. The van der Waals surface area contributed by atoms with E-state index in [2.05, 4.69) is 40.7 Å². The third-order valence-corrected chi connectivity index (χ3v) is 3.66. The SMILES string of the molecule is CCCNC(=NC)NCC(=O)N1CCc2ccccc2C1.I. The predicted molar refractivity (Wildman–Crippen MR) is 101 cm³/mol. The number of carbonyl (C=O) groups is 1. The summed E-state index contributed by atoms with van der Waals surface area (Å²) in [5.41, 5.74) is 2.61. The summed E-state index contributed by atoms with van der Waals surface area (Å²) in [6.45, 7) is 4.73. The van der Waals surface area contributed by atoms with E-state index in [9.17, 15) is 4.79 Å². The van der Waals surface area contributed by atoms with Crippen LogP contribution in [0.15, 0.2) is 29.3 Å². The van der Waals surface area contributed by atoms with Crippen LogP contribution in [0.1, 0.15) is 24.5 Å². The van der Waals surface area contributed by atoms with E-state index in [0.717, 1.165) is 25.9 Å². The van der Waals surface area contributed by atoms with Crippen molar-refractivity contribution in [3.8, 4) is 0 Å². The first-order valence-electron chi connectivity index (χ1n) is 7.53. The number of guanidine groups is 1. The molecule has 122 valence electrons. The number of hydrogen-bond donors (Lipinski definition) is 2. The molecule has 1 aliphatic rings. The average Bonchev–Trinajstić information content (AvgIpc) is 2.54. The van der Waals surface area contributed by atoms with Gasteiger partial charge in [0.15, 0.2) is 5.96 Å². The molecule has 22 heavy (non-hydrogen) atoms. The number of nitrogens with one attached hydrogen (secondary N) is 2. The first kappa shape index (κ1) is 18.7. The van der Waals surface area contributed by atoms with Crippen molar-refractivity contribution >= 4 is 35.8 Å². The highest BCUT2D eigenvalue weighted by molar-refractivity contribution is 14.0. The molecule has 1 aliphatic heterocycles. The maximum Gasteiger partial charge on any atom is 0.242 e. The van der Waals surface area contributed by atoms with Crippen LogP contribution in [-0.4, -0.2) is 43.4 Å². The summed E-state index contributed by atoms with van der Waals surface area (Å²) in [6.07, 6.45) is 1.96. The summed E-state index contributed by atoms with van der Waals surface area (Å²) < 4.78 is 0. The van der Waals surface area contributed by atoms with E-state index < -0.39 is 0 Å². The van der Waals surface area contributed by atoms with Crippen LogP contribution in [0.3, 0.4) is 0 Å². The largest absolute Gasteiger partial charge is 0.356 e. The van der Waals surface area contributed by atoms with Gasteiger partial charge in [-0.3, -0.25) is 9.79 Å². The highest BCUT2D eigenvalue weighted by atomic mass is 127. The monoisotopic (exact) mass is 416 g/mol. The van der Waals surface area contributed by atoms with E-state index in [0.29, 0.717) is 12.5 Å². The van der Waals surface area contributed by atoms with Gasteiger partial charge in [-0.2, -0.15) is 0 Å². The van der Waals surface area contributed by atoms with Crippen LogP contribution < -0.4 is 10.6 Å². The summed E-state index contributed by atoms with van der Waals surface area (Å²) in [5.74, 6) is 0.798. The van der Waals surface area contributed by atoms with E-state index in [4.69, 9.17) is 0 Å². The summed E-state index contributed by atoms with van der Waals surface area (Å²) in [7, 11) is 1.71. The van der Waals surface area contributed by atoms with Crippen molar-refractivity contribution in [2.24, 2.45) is 4.99 Å². The molecule has 5 nitrogen and oxygen atoms in total. The molecule has 0 saturated carbocycles. The van der Waals surface area contributed by atoms with Crippen LogP contribution >= 0.6 is 24.0 Å². The van der Waals surface area contributed by atoms with E-state index in [1.54, 1.807) is 7.05 Å².